The molecule has 0 fully saturated rings. The second-order valence-electron chi connectivity index (χ2n) is 8.60. The predicted molar refractivity (Wildman–Crippen MR) is 138 cm³/mol. The number of carbonyl (C=O) groups is 1. The standard InChI is InChI=1S/C23H20F2N8O.C2HF3O2/c1-3-15-5-4-6-16-30-18(11(2)29-21-19-20(28-10-27-19)31-23(26)32-21)17(22(34)33(15)16)12-7-13(24)9-14(25)8-12;3-2(4,5)1(6)7/h4-11H,3H2,1-2H3,(H4,26,27,28,29,31,32);(H,6,7). The molecule has 0 bridgehead atoms. The van der Waals surface area contributed by atoms with Crippen molar-refractivity contribution in [2.45, 2.75) is 32.5 Å². The number of alkyl halides is 3. The third-order valence-electron chi connectivity index (χ3n) is 5.77. The lowest BCUT2D eigenvalue weighted by Crippen LogP contribution is -2.25. The number of aromatic nitrogens is 6. The molecule has 5 aromatic rings. The zero-order valence-corrected chi connectivity index (χ0v) is 21.3. The van der Waals surface area contributed by atoms with Gasteiger partial charge in [-0.15, -0.1) is 0 Å². The van der Waals surface area contributed by atoms with Crippen molar-refractivity contribution in [3.05, 3.63) is 76.1 Å². The van der Waals surface area contributed by atoms with Crippen LogP contribution in [0.1, 0.15) is 31.3 Å². The molecule has 0 spiro atoms. The van der Waals surface area contributed by atoms with Gasteiger partial charge in [-0.2, -0.15) is 23.1 Å². The number of hydrogen-bond acceptors (Lipinski definition) is 8. The first-order valence-corrected chi connectivity index (χ1v) is 11.8. The Labute approximate surface area is 226 Å². The first kappa shape index (κ1) is 28.8. The maximum absolute atomic E-state index is 14.1. The van der Waals surface area contributed by atoms with Crippen molar-refractivity contribution in [1.29, 1.82) is 0 Å². The highest BCUT2D eigenvalue weighted by molar-refractivity contribution is 5.84. The Bertz CT molecular complexity index is 1800. The van der Waals surface area contributed by atoms with Crippen LogP contribution < -0.4 is 16.6 Å². The van der Waals surface area contributed by atoms with Gasteiger partial charge in [-0.1, -0.05) is 13.0 Å². The van der Waals surface area contributed by atoms with Crippen molar-refractivity contribution in [2.24, 2.45) is 0 Å². The van der Waals surface area contributed by atoms with Crippen LogP contribution in [0.4, 0.5) is 33.7 Å². The van der Waals surface area contributed by atoms with Crippen molar-refractivity contribution in [3.8, 4) is 11.1 Å². The SMILES string of the molecule is CCc1cccc2nc(C(C)Nc3nc(N)nc4[nH]cnc34)c(-c3cc(F)cc(F)c3)c(=O)n12.O=C(O)C(F)(F)F. The van der Waals surface area contributed by atoms with Gasteiger partial charge < -0.3 is 21.1 Å². The van der Waals surface area contributed by atoms with E-state index >= 15 is 0 Å². The largest absolute Gasteiger partial charge is 0.490 e. The molecule has 16 heteroatoms. The van der Waals surface area contributed by atoms with Gasteiger partial charge in [0.25, 0.3) is 5.56 Å². The Balaban J connectivity index is 0.000000493. The first-order chi connectivity index (χ1) is 19.3. The number of carboxylic acids is 1. The van der Waals surface area contributed by atoms with Crippen LogP contribution in [0.3, 0.4) is 0 Å². The number of fused-ring (bicyclic) bond motifs is 2. The first-order valence-electron chi connectivity index (χ1n) is 11.8. The highest BCUT2D eigenvalue weighted by Crippen LogP contribution is 2.29. The molecule has 214 valence electrons. The van der Waals surface area contributed by atoms with E-state index in [9.17, 15) is 26.7 Å². The Morgan fingerprint density at radius 2 is 1.80 bits per heavy atom. The van der Waals surface area contributed by atoms with Gasteiger partial charge in [0.05, 0.1) is 23.6 Å². The van der Waals surface area contributed by atoms with Gasteiger partial charge in [-0.3, -0.25) is 9.20 Å². The van der Waals surface area contributed by atoms with Gasteiger partial charge in [0.15, 0.2) is 11.5 Å². The number of benzene rings is 1. The van der Waals surface area contributed by atoms with Gasteiger partial charge >= 0.3 is 12.1 Å². The minimum atomic E-state index is -5.08. The summed E-state index contributed by atoms with van der Waals surface area (Å²) in [7, 11) is 0. The lowest BCUT2D eigenvalue weighted by molar-refractivity contribution is -0.192. The molecule has 1 aromatic carbocycles. The maximum Gasteiger partial charge on any atom is 0.490 e. The summed E-state index contributed by atoms with van der Waals surface area (Å²) in [6.07, 6.45) is -3.05. The van der Waals surface area contributed by atoms with Crippen LogP contribution in [0.5, 0.6) is 0 Å². The molecule has 4 aromatic heterocycles. The smallest absolute Gasteiger partial charge is 0.475 e. The van der Waals surface area contributed by atoms with Crippen molar-refractivity contribution < 1.29 is 31.9 Å². The Morgan fingerprint density at radius 1 is 1.15 bits per heavy atom. The number of aliphatic carboxylic acids is 1. The molecule has 5 N–H and O–H groups in total. The fourth-order valence-corrected chi connectivity index (χ4v) is 4.05. The minimum absolute atomic E-state index is 0.0259. The zero-order valence-electron chi connectivity index (χ0n) is 21.3. The third-order valence-corrected chi connectivity index (χ3v) is 5.77. The van der Waals surface area contributed by atoms with E-state index in [1.165, 1.54) is 10.7 Å². The molecule has 0 aliphatic heterocycles. The van der Waals surface area contributed by atoms with Crippen molar-refractivity contribution >= 4 is 34.5 Å². The lowest BCUT2D eigenvalue weighted by atomic mass is 10.0. The fraction of sp³-hybridized carbons (Fsp3) is 0.200. The predicted octanol–water partition coefficient (Wildman–Crippen LogP) is 4.26. The summed E-state index contributed by atoms with van der Waals surface area (Å²) in [4.78, 5) is 42.7. The van der Waals surface area contributed by atoms with E-state index < -0.39 is 35.4 Å². The number of nitrogen functional groups attached to an aromatic ring is 1. The summed E-state index contributed by atoms with van der Waals surface area (Å²) < 4.78 is 61.5. The molecule has 1 unspecified atom stereocenters. The Hall–Kier alpha value is -5.15. The number of hydrogen-bond donors (Lipinski definition) is 4. The van der Waals surface area contributed by atoms with Crippen molar-refractivity contribution in [2.75, 3.05) is 11.1 Å². The second-order valence-corrected chi connectivity index (χ2v) is 8.60. The highest BCUT2D eigenvalue weighted by Gasteiger charge is 2.38. The van der Waals surface area contributed by atoms with Crippen LogP contribution in [0.25, 0.3) is 27.9 Å². The number of carboxylic acid groups (broad SMARTS) is 1. The number of H-pyrrole nitrogens is 1. The van der Waals surface area contributed by atoms with Crippen LogP contribution in [-0.2, 0) is 11.2 Å². The van der Waals surface area contributed by atoms with Crippen LogP contribution >= 0.6 is 0 Å². The normalized spacial score (nSPS) is 12.2. The summed E-state index contributed by atoms with van der Waals surface area (Å²) in [5.74, 6) is -3.99. The number of nitrogens with one attached hydrogen (secondary N) is 2. The minimum Gasteiger partial charge on any atom is -0.475 e. The number of nitrogens with two attached hydrogens (primary N) is 1. The number of halogens is 5. The summed E-state index contributed by atoms with van der Waals surface area (Å²) in [5.41, 5.74) is 7.89. The molecule has 0 saturated carbocycles. The van der Waals surface area contributed by atoms with Gasteiger partial charge in [-0.05, 0) is 43.2 Å². The Kier molecular flexibility index (Phi) is 7.84. The summed E-state index contributed by atoms with van der Waals surface area (Å²) in [6.45, 7) is 3.67. The fourth-order valence-electron chi connectivity index (χ4n) is 4.05. The molecule has 0 radical (unpaired) electrons. The molecule has 0 amide bonds. The van der Waals surface area contributed by atoms with E-state index in [2.05, 4.69) is 25.3 Å². The zero-order chi connectivity index (χ0) is 30.1. The molecular weight excluding hydrogens is 555 g/mol. The summed E-state index contributed by atoms with van der Waals surface area (Å²) in [6, 6.07) is 7.71. The monoisotopic (exact) mass is 576 g/mol. The van der Waals surface area contributed by atoms with E-state index in [0.717, 1.165) is 23.9 Å². The summed E-state index contributed by atoms with van der Waals surface area (Å²) in [5, 5.41) is 10.3. The van der Waals surface area contributed by atoms with E-state index in [-0.39, 0.29) is 17.1 Å². The van der Waals surface area contributed by atoms with Crippen LogP contribution in [0.15, 0.2) is 47.5 Å². The molecule has 41 heavy (non-hydrogen) atoms. The number of aryl methyl sites for hydroxylation is 1. The van der Waals surface area contributed by atoms with Gasteiger partial charge in [0.2, 0.25) is 5.95 Å². The molecule has 11 nitrogen and oxygen atoms in total. The van der Waals surface area contributed by atoms with E-state index in [1.807, 2.05) is 19.1 Å². The number of anilines is 2. The molecule has 1 atom stereocenters. The van der Waals surface area contributed by atoms with Crippen LogP contribution in [0.2, 0.25) is 0 Å². The van der Waals surface area contributed by atoms with Crippen LogP contribution in [0, 0.1) is 11.6 Å². The average Bonchev–Trinajstić information content (AvgIpc) is 3.36. The topological polar surface area (TPSA) is 164 Å². The third kappa shape index (κ3) is 6.05. The molecule has 5 rings (SSSR count). The van der Waals surface area contributed by atoms with E-state index in [4.69, 9.17) is 20.6 Å². The lowest BCUT2D eigenvalue weighted by Gasteiger charge is -2.19. The quantitative estimate of drug-likeness (QED) is 0.224. The van der Waals surface area contributed by atoms with Crippen molar-refractivity contribution in [1.82, 2.24) is 29.3 Å². The molecule has 0 aliphatic rings. The average molecular weight is 576 g/mol. The Morgan fingerprint density at radius 3 is 2.41 bits per heavy atom. The number of aromatic amines is 1. The van der Waals surface area contributed by atoms with Gasteiger partial charge in [0.1, 0.15) is 22.8 Å². The van der Waals surface area contributed by atoms with Gasteiger partial charge in [0, 0.05) is 11.8 Å². The molecule has 4 heterocycles. The maximum atomic E-state index is 14.1. The van der Waals surface area contributed by atoms with E-state index in [1.54, 1.807) is 13.0 Å². The molecule has 0 aliphatic carbocycles. The number of pyridine rings is 1. The number of nitrogens with zero attached hydrogens (tertiary/aromatic N) is 5. The molecule has 0 saturated heterocycles. The van der Waals surface area contributed by atoms with Crippen molar-refractivity contribution in [3.63, 3.8) is 0 Å². The van der Waals surface area contributed by atoms with E-state index in [0.29, 0.717) is 34.7 Å². The second kappa shape index (κ2) is 11.1. The van der Waals surface area contributed by atoms with Gasteiger partial charge in [-0.25, -0.2) is 23.5 Å². The number of imidazole rings is 1. The molecular formula is C25H21F5N8O3. The van der Waals surface area contributed by atoms with Crippen LogP contribution in [-0.4, -0.2) is 46.6 Å². The summed E-state index contributed by atoms with van der Waals surface area (Å²) >= 11 is 0. The number of rotatable bonds is 5. The highest BCUT2D eigenvalue weighted by atomic mass is 19.4.